The van der Waals surface area contributed by atoms with E-state index in [4.69, 9.17) is 10.5 Å². The number of nitrogens with two attached hydrogens (primary N) is 1. The maximum absolute atomic E-state index is 5.95. The lowest BCUT2D eigenvalue weighted by Crippen LogP contribution is -2.40. The molecule has 0 aliphatic carbocycles. The van der Waals surface area contributed by atoms with Crippen molar-refractivity contribution in [3.8, 4) is 0 Å². The van der Waals surface area contributed by atoms with Crippen molar-refractivity contribution in [1.29, 1.82) is 0 Å². The molecule has 1 aromatic heterocycles. The highest BCUT2D eigenvalue weighted by atomic mass is 16.5. The van der Waals surface area contributed by atoms with Gasteiger partial charge >= 0.3 is 0 Å². The third kappa shape index (κ3) is 3.04. The second-order valence-electron chi connectivity index (χ2n) is 5.51. The SMILES string of the molecule is NC1CCN(c2cc(C3CCOCC3)ncn2)CC1. The molecule has 3 heterocycles. The molecule has 3 rings (SSSR count). The molecule has 0 saturated carbocycles. The largest absolute Gasteiger partial charge is 0.381 e. The fourth-order valence-electron chi connectivity index (χ4n) is 2.88. The van der Waals surface area contributed by atoms with Gasteiger partial charge in [-0.05, 0) is 25.7 Å². The molecule has 2 N–H and O–H groups in total. The van der Waals surface area contributed by atoms with E-state index >= 15 is 0 Å². The van der Waals surface area contributed by atoms with E-state index in [-0.39, 0.29) is 0 Å². The molecule has 2 aliphatic rings. The predicted octanol–water partition coefficient (Wildman–Crippen LogP) is 1.30. The summed E-state index contributed by atoms with van der Waals surface area (Å²) in [4.78, 5) is 11.2. The van der Waals surface area contributed by atoms with Crippen LogP contribution in [-0.2, 0) is 4.74 Å². The van der Waals surface area contributed by atoms with E-state index in [0.29, 0.717) is 12.0 Å². The van der Waals surface area contributed by atoms with Crippen LogP contribution in [-0.4, -0.2) is 42.3 Å². The molecule has 0 amide bonds. The fourth-order valence-corrected chi connectivity index (χ4v) is 2.88. The number of rotatable bonds is 2. The highest BCUT2D eigenvalue weighted by molar-refractivity contribution is 5.40. The molecule has 0 unspecified atom stereocenters. The van der Waals surface area contributed by atoms with Gasteiger partial charge in [0.05, 0.1) is 0 Å². The predicted molar refractivity (Wildman–Crippen MR) is 74.2 cm³/mol. The number of nitrogens with zero attached hydrogens (tertiary/aromatic N) is 3. The van der Waals surface area contributed by atoms with Gasteiger partial charge in [-0.1, -0.05) is 0 Å². The van der Waals surface area contributed by atoms with Crippen molar-refractivity contribution in [3.05, 3.63) is 18.1 Å². The Morgan fingerprint density at radius 1 is 1.11 bits per heavy atom. The van der Waals surface area contributed by atoms with E-state index < -0.39 is 0 Å². The monoisotopic (exact) mass is 262 g/mol. The van der Waals surface area contributed by atoms with E-state index in [1.54, 1.807) is 6.33 Å². The average Bonchev–Trinajstić information content (AvgIpc) is 2.49. The van der Waals surface area contributed by atoms with E-state index in [1.165, 1.54) is 5.69 Å². The zero-order chi connectivity index (χ0) is 13.1. The third-order valence-electron chi connectivity index (χ3n) is 4.18. The van der Waals surface area contributed by atoms with Crippen molar-refractivity contribution in [2.45, 2.75) is 37.6 Å². The number of ether oxygens (including phenoxy) is 1. The Morgan fingerprint density at radius 3 is 2.58 bits per heavy atom. The van der Waals surface area contributed by atoms with Gasteiger partial charge < -0.3 is 15.4 Å². The van der Waals surface area contributed by atoms with Gasteiger partial charge in [0.2, 0.25) is 0 Å². The molecule has 5 heteroatoms. The molecule has 104 valence electrons. The zero-order valence-corrected chi connectivity index (χ0v) is 11.3. The van der Waals surface area contributed by atoms with Crippen molar-refractivity contribution in [2.75, 3.05) is 31.2 Å². The first-order valence-electron chi connectivity index (χ1n) is 7.23. The summed E-state index contributed by atoms with van der Waals surface area (Å²) in [5.74, 6) is 1.59. The first-order valence-corrected chi connectivity index (χ1v) is 7.23. The van der Waals surface area contributed by atoms with E-state index in [0.717, 1.165) is 57.8 Å². The van der Waals surface area contributed by atoms with Crippen molar-refractivity contribution < 1.29 is 4.74 Å². The van der Waals surface area contributed by atoms with E-state index in [2.05, 4.69) is 20.9 Å². The Hall–Kier alpha value is -1.20. The second-order valence-corrected chi connectivity index (χ2v) is 5.51. The summed E-state index contributed by atoms with van der Waals surface area (Å²) in [5.41, 5.74) is 7.12. The van der Waals surface area contributed by atoms with Crippen LogP contribution in [0.15, 0.2) is 12.4 Å². The smallest absolute Gasteiger partial charge is 0.132 e. The summed E-state index contributed by atoms with van der Waals surface area (Å²) in [5, 5.41) is 0. The van der Waals surface area contributed by atoms with Crippen LogP contribution in [0.2, 0.25) is 0 Å². The molecule has 0 aromatic carbocycles. The second kappa shape index (κ2) is 5.84. The molecule has 2 saturated heterocycles. The molecule has 0 bridgehead atoms. The Labute approximate surface area is 114 Å². The maximum atomic E-state index is 5.95. The third-order valence-corrected chi connectivity index (χ3v) is 4.18. The Balaban J connectivity index is 1.72. The molecular weight excluding hydrogens is 240 g/mol. The van der Waals surface area contributed by atoms with Crippen LogP contribution in [0.1, 0.15) is 37.3 Å². The summed E-state index contributed by atoms with van der Waals surface area (Å²) in [6.45, 7) is 3.71. The van der Waals surface area contributed by atoms with Crippen LogP contribution in [0.25, 0.3) is 0 Å². The van der Waals surface area contributed by atoms with Crippen molar-refractivity contribution >= 4 is 5.82 Å². The van der Waals surface area contributed by atoms with Crippen molar-refractivity contribution in [2.24, 2.45) is 5.73 Å². The summed E-state index contributed by atoms with van der Waals surface area (Å²) in [7, 11) is 0. The lowest BCUT2D eigenvalue weighted by Gasteiger charge is -2.31. The number of anilines is 1. The lowest BCUT2D eigenvalue weighted by atomic mass is 9.96. The molecule has 5 nitrogen and oxygen atoms in total. The minimum absolute atomic E-state index is 0.355. The number of hydrogen-bond acceptors (Lipinski definition) is 5. The van der Waals surface area contributed by atoms with E-state index in [1.807, 2.05) is 0 Å². The standard InChI is InChI=1S/C14H22N4O/c15-12-1-5-18(6-2-12)14-9-13(16-10-17-14)11-3-7-19-8-4-11/h9-12H,1-8,15H2. The van der Waals surface area contributed by atoms with Crippen molar-refractivity contribution in [3.63, 3.8) is 0 Å². The topological polar surface area (TPSA) is 64.3 Å². The van der Waals surface area contributed by atoms with Gasteiger partial charge in [0.25, 0.3) is 0 Å². The first-order chi connectivity index (χ1) is 9.33. The zero-order valence-electron chi connectivity index (χ0n) is 11.3. The van der Waals surface area contributed by atoms with Gasteiger partial charge in [-0.2, -0.15) is 0 Å². The highest BCUT2D eigenvalue weighted by Gasteiger charge is 2.21. The quantitative estimate of drug-likeness (QED) is 0.870. The van der Waals surface area contributed by atoms with Crippen LogP contribution in [0.5, 0.6) is 0 Å². The molecule has 1 aromatic rings. The summed E-state index contributed by atoms with van der Waals surface area (Å²) < 4.78 is 5.41. The van der Waals surface area contributed by atoms with Gasteiger partial charge in [0.1, 0.15) is 12.1 Å². The maximum Gasteiger partial charge on any atom is 0.132 e. The van der Waals surface area contributed by atoms with Gasteiger partial charge in [-0.25, -0.2) is 9.97 Å². The Kier molecular flexibility index (Phi) is 3.94. The molecule has 19 heavy (non-hydrogen) atoms. The lowest BCUT2D eigenvalue weighted by molar-refractivity contribution is 0.0845. The minimum atomic E-state index is 0.355. The Bertz CT molecular complexity index is 412. The number of aromatic nitrogens is 2. The summed E-state index contributed by atoms with van der Waals surface area (Å²) >= 11 is 0. The normalized spacial score (nSPS) is 22.7. The highest BCUT2D eigenvalue weighted by Crippen LogP contribution is 2.27. The minimum Gasteiger partial charge on any atom is -0.381 e. The molecule has 2 aliphatic heterocycles. The van der Waals surface area contributed by atoms with Gasteiger partial charge in [-0.3, -0.25) is 0 Å². The summed E-state index contributed by atoms with van der Waals surface area (Å²) in [6, 6.07) is 2.51. The first kappa shape index (κ1) is 12.8. The fraction of sp³-hybridized carbons (Fsp3) is 0.714. The van der Waals surface area contributed by atoms with E-state index in [9.17, 15) is 0 Å². The van der Waals surface area contributed by atoms with Crippen LogP contribution in [0, 0.1) is 0 Å². The molecule has 0 radical (unpaired) electrons. The van der Waals surface area contributed by atoms with Crippen LogP contribution in [0.4, 0.5) is 5.82 Å². The Morgan fingerprint density at radius 2 is 1.84 bits per heavy atom. The number of piperidine rings is 1. The molecule has 0 atom stereocenters. The van der Waals surface area contributed by atoms with Crippen LogP contribution >= 0.6 is 0 Å². The van der Waals surface area contributed by atoms with Gasteiger partial charge in [-0.15, -0.1) is 0 Å². The molecule has 0 spiro atoms. The molecule has 2 fully saturated rings. The summed E-state index contributed by atoms with van der Waals surface area (Å²) in [6.07, 6.45) is 5.95. The van der Waals surface area contributed by atoms with Crippen LogP contribution in [0.3, 0.4) is 0 Å². The van der Waals surface area contributed by atoms with Gasteiger partial charge in [0, 0.05) is 50.0 Å². The van der Waals surface area contributed by atoms with Crippen LogP contribution < -0.4 is 10.6 Å². The number of hydrogen-bond donors (Lipinski definition) is 1. The molecular formula is C14H22N4O. The van der Waals surface area contributed by atoms with Gasteiger partial charge in [0.15, 0.2) is 0 Å². The van der Waals surface area contributed by atoms with Crippen molar-refractivity contribution in [1.82, 2.24) is 9.97 Å². The average molecular weight is 262 g/mol.